The Morgan fingerprint density at radius 3 is 2.59 bits per heavy atom. The molecule has 0 heterocycles. The van der Waals surface area contributed by atoms with Gasteiger partial charge in [0.15, 0.2) is 0 Å². The number of anilines is 1. The molecule has 0 fully saturated rings. The highest BCUT2D eigenvalue weighted by atomic mass is 35.5. The zero-order chi connectivity index (χ0) is 16.5. The van der Waals surface area contributed by atoms with Gasteiger partial charge in [0.05, 0.1) is 29.8 Å². The van der Waals surface area contributed by atoms with Crippen molar-refractivity contribution in [3.63, 3.8) is 0 Å². The monoisotopic (exact) mass is 348 g/mol. The van der Waals surface area contributed by atoms with Crippen LogP contribution in [0.25, 0.3) is 0 Å². The molecule has 0 aromatic heterocycles. The van der Waals surface area contributed by atoms with Crippen LogP contribution in [0, 0.1) is 0 Å². The Balaban J connectivity index is 2.39. The van der Waals surface area contributed by atoms with Gasteiger partial charge in [0.2, 0.25) is 11.8 Å². The van der Waals surface area contributed by atoms with Crippen molar-refractivity contribution < 1.29 is 19.1 Å². The molecule has 0 aliphatic heterocycles. The minimum atomic E-state index is -0.342. The first-order valence-corrected chi connectivity index (χ1v) is 7.25. The van der Waals surface area contributed by atoms with Crippen LogP contribution in [-0.2, 0) is 19.1 Å². The van der Waals surface area contributed by atoms with Crippen LogP contribution in [0.2, 0.25) is 10.0 Å². The predicted molar refractivity (Wildman–Crippen MR) is 85.4 cm³/mol. The van der Waals surface area contributed by atoms with E-state index in [1.807, 2.05) is 0 Å². The second-order valence-corrected chi connectivity index (χ2v) is 5.29. The molecule has 22 heavy (non-hydrogen) atoms. The molecule has 0 saturated heterocycles. The summed E-state index contributed by atoms with van der Waals surface area (Å²) in [7, 11) is 3.07. The summed E-state index contributed by atoms with van der Waals surface area (Å²) in [6.07, 6.45) is 0. The molecule has 1 rings (SSSR count). The second-order valence-electron chi connectivity index (χ2n) is 4.47. The van der Waals surface area contributed by atoms with Gasteiger partial charge in [-0.1, -0.05) is 23.2 Å². The van der Waals surface area contributed by atoms with E-state index in [-0.39, 0.29) is 25.0 Å². The number of nitrogens with zero attached hydrogens (tertiary/aromatic N) is 1. The van der Waals surface area contributed by atoms with Crippen molar-refractivity contribution >= 4 is 40.7 Å². The van der Waals surface area contributed by atoms with Gasteiger partial charge in [-0.05, 0) is 18.2 Å². The smallest absolute Gasteiger partial charge is 0.248 e. The van der Waals surface area contributed by atoms with E-state index in [9.17, 15) is 9.59 Å². The van der Waals surface area contributed by atoms with E-state index in [0.29, 0.717) is 28.9 Å². The zero-order valence-corrected chi connectivity index (χ0v) is 13.9. The number of hydrogen-bond acceptors (Lipinski definition) is 4. The molecule has 1 aromatic carbocycles. The van der Waals surface area contributed by atoms with Crippen molar-refractivity contribution in [2.75, 3.05) is 45.8 Å². The average Bonchev–Trinajstić information content (AvgIpc) is 2.47. The van der Waals surface area contributed by atoms with E-state index in [2.05, 4.69) is 5.32 Å². The largest absolute Gasteiger partial charge is 0.382 e. The molecule has 0 atom stereocenters. The number of likely N-dealkylation sites (N-methyl/N-ethyl adjacent to an activating group) is 1. The minimum absolute atomic E-state index is 0.0906. The van der Waals surface area contributed by atoms with Gasteiger partial charge in [-0.25, -0.2) is 0 Å². The average molecular weight is 349 g/mol. The fourth-order valence-electron chi connectivity index (χ4n) is 1.49. The number of amides is 2. The highest BCUT2D eigenvalue weighted by Crippen LogP contribution is 2.24. The van der Waals surface area contributed by atoms with E-state index in [1.54, 1.807) is 19.2 Å². The Morgan fingerprint density at radius 2 is 1.95 bits per heavy atom. The minimum Gasteiger partial charge on any atom is -0.382 e. The standard InChI is InChI=1S/C14H18Cl2N2O4/c1-18(14(20)9-22-6-5-21-2)8-13(19)17-10-3-4-11(15)12(16)7-10/h3-4,7H,5-6,8-9H2,1-2H3,(H,17,19). The molecule has 122 valence electrons. The Bertz CT molecular complexity index is 526. The molecule has 1 aromatic rings. The third kappa shape index (κ3) is 6.62. The molecule has 8 heteroatoms. The van der Waals surface area contributed by atoms with Crippen molar-refractivity contribution in [2.45, 2.75) is 0 Å². The summed E-state index contributed by atoms with van der Waals surface area (Å²) >= 11 is 11.7. The van der Waals surface area contributed by atoms with E-state index in [4.69, 9.17) is 32.7 Å². The van der Waals surface area contributed by atoms with Crippen LogP contribution in [0.4, 0.5) is 5.69 Å². The number of nitrogens with one attached hydrogen (secondary N) is 1. The summed E-state index contributed by atoms with van der Waals surface area (Å²) in [6.45, 7) is 0.549. The molecule has 0 unspecified atom stereocenters. The van der Waals surface area contributed by atoms with Crippen LogP contribution in [0.1, 0.15) is 0 Å². The Labute approximate surface area is 139 Å². The number of benzene rings is 1. The zero-order valence-electron chi connectivity index (χ0n) is 12.4. The second kappa shape index (κ2) is 9.63. The number of methoxy groups -OCH3 is 1. The lowest BCUT2D eigenvalue weighted by molar-refractivity contribution is -0.137. The van der Waals surface area contributed by atoms with Crippen molar-refractivity contribution in [3.8, 4) is 0 Å². The van der Waals surface area contributed by atoms with Crippen LogP contribution in [0.5, 0.6) is 0 Å². The summed E-state index contributed by atoms with van der Waals surface area (Å²) in [5.41, 5.74) is 0.511. The lowest BCUT2D eigenvalue weighted by Crippen LogP contribution is -2.37. The Kier molecular flexibility index (Phi) is 8.19. The van der Waals surface area contributed by atoms with E-state index in [1.165, 1.54) is 18.0 Å². The quantitative estimate of drug-likeness (QED) is 0.730. The maximum atomic E-state index is 11.9. The van der Waals surface area contributed by atoms with Crippen molar-refractivity contribution in [1.29, 1.82) is 0 Å². The third-order valence-corrected chi connectivity index (χ3v) is 3.41. The topological polar surface area (TPSA) is 67.9 Å². The fourth-order valence-corrected chi connectivity index (χ4v) is 1.79. The first-order valence-electron chi connectivity index (χ1n) is 6.49. The van der Waals surface area contributed by atoms with Crippen molar-refractivity contribution in [3.05, 3.63) is 28.2 Å². The van der Waals surface area contributed by atoms with Crippen LogP contribution in [-0.4, -0.2) is 57.2 Å². The maximum absolute atomic E-state index is 11.9. The fraction of sp³-hybridized carbons (Fsp3) is 0.429. The molecular weight excluding hydrogens is 331 g/mol. The van der Waals surface area contributed by atoms with Gasteiger partial charge < -0.3 is 19.7 Å². The van der Waals surface area contributed by atoms with Gasteiger partial charge in [0.25, 0.3) is 0 Å². The molecule has 2 amide bonds. The lowest BCUT2D eigenvalue weighted by Gasteiger charge is -2.17. The van der Waals surface area contributed by atoms with E-state index < -0.39 is 0 Å². The molecule has 0 aliphatic carbocycles. The summed E-state index contributed by atoms with van der Waals surface area (Å²) in [6, 6.07) is 4.75. The SMILES string of the molecule is COCCOCC(=O)N(C)CC(=O)Nc1ccc(Cl)c(Cl)c1. The summed E-state index contributed by atoms with van der Waals surface area (Å²) < 4.78 is 9.90. The van der Waals surface area contributed by atoms with Crippen LogP contribution in [0.15, 0.2) is 18.2 Å². The van der Waals surface area contributed by atoms with Gasteiger partial charge in [0.1, 0.15) is 6.61 Å². The molecule has 0 saturated carbocycles. The number of carbonyl (C=O) groups excluding carboxylic acids is 2. The molecule has 0 spiro atoms. The first kappa shape index (κ1) is 18.7. The van der Waals surface area contributed by atoms with E-state index in [0.717, 1.165) is 0 Å². The van der Waals surface area contributed by atoms with Crippen LogP contribution < -0.4 is 5.32 Å². The maximum Gasteiger partial charge on any atom is 0.248 e. The van der Waals surface area contributed by atoms with Gasteiger partial charge in [-0.2, -0.15) is 0 Å². The molecule has 1 N–H and O–H groups in total. The summed E-state index contributed by atoms with van der Waals surface area (Å²) in [5, 5.41) is 3.38. The summed E-state index contributed by atoms with van der Waals surface area (Å²) in [4.78, 5) is 24.9. The van der Waals surface area contributed by atoms with Gasteiger partial charge in [-0.3, -0.25) is 9.59 Å². The molecular formula is C14H18Cl2N2O4. The van der Waals surface area contributed by atoms with Crippen molar-refractivity contribution in [1.82, 2.24) is 4.90 Å². The van der Waals surface area contributed by atoms with E-state index >= 15 is 0 Å². The van der Waals surface area contributed by atoms with Crippen LogP contribution in [0.3, 0.4) is 0 Å². The molecule has 0 radical (unpaired) electrons. The van der Waals surface area contributed by atoms with Gasteiger partial charge in [0, 0.05) is 19.8 Å². The number of rotatable bonds is 8. The highest BCUT2D eigenvalue weighted by Gasteiger charge is 2.13. The Morgan fingerprint density at radius 1 is 1.23 bits per heavy atom. The molecule has 0 aliphatic rings. The van der Waals surface area contributed by atoms with Crippen LogP contribution >= 0.6 is 23.2 Å². The third-order valence-electron chi connectivity index (χ3n) is 2.67. The number of halogens is 2. The highest BCUT2D eigenvalue weighted by molar-refractivity contribution is 6.42. The number of carbonyl (C=O) groups is 2. The summed E-state index contributed by atoms with van der Waals surface area (Å²) in [5.74, 6) is -0.633. The number of ether oxygens (including phenoxy) is 2. The molecule has 0 bridgehead atoms. The van der Waals surface area contributed by atoms with Gasteiger partial charge >= 0.3 is 0 Å². The van der Waals surface area contributed by atoms with Crippen molar-refractivity contribution in [2.24, 2.45) is 0 Å². The lowest BCUT2D eigenvalue weighted by atomic mass is 10.3. The normalized spacial score (nSPS) is 10.4. The van der Waals surface area contributed by atoms with Gasteiger partial charge in [-0.15, -0.1) is 0 Å². The Hall–Kier alpha value is -1.34. The first-order chi connectivity index (χ1) is 10.4. The molecule has 6 nitrogen and oxygen atoms in total. The predicted octanol–water partition coefficient (Wildman–Crippen LogP) is 2.05. The number of hydrogen-bond donors (Lipinski definition) is 1.